The van der Waals surface area contributed by atoms with E-state index < -0.39 is 23.9 Å². The van der Waals surface area contributed by atoms with Gasteiger partial charge in [-0.2, -0.15) is 0 Å². The van der Waals surface area contributed by atoms with Crippen LogP contribution in [-0.2, 0) is 0 Å². The fourth-order valence-electron chi connectivity index (χ4n) is 2.93. The van der Waals surface area contributed by atoms with Gasteiger partial charge in [-0.25, -0.2) is 0 Å². The van der Waals surface area contributed by atoms with E-state index in [4.69, 9.17) is 0 Å². The van der Waals surface area contributed by atoms with Crippen molar-refractivity contribution in [3.63, 3.8) is 0 Å². The van der Waals surface area contributed by atoms with E-state index in [1.54, 1.807) is 0 Å². The molecule has 1 heterocycles. The van der Waals surface area contributed by atoms with Gasteiger partial charge in [-0.1, -0.05) is 51.9 Å². The highest BCUT2D eigenvalue weighted by Gasteiger charge is 2.46. The van der Waals surface area contributed by atoms with Crippen LogP contribution in [0.2, 0.25) is 0 Å². The first-order chi connectivity index (χ1) is 9.57. The minimum Gasteiger partial charge on any atom is -0.394 e. The summed E-state index contributed by atoms with van der Waals surface area (Å²) in [6, 6.07) is 0. The quantitative estimate of drug-likeness (QED) is 0.407. The minimum atomic E-state index is -1.19. The number of β-amino-alcohol motifs (C(OH)–C–C–N with tert-alkyl or cyclic N) is 1. The smallest absolute Gasteiger partial charge is 0.109 e. The first-order valence-corrected chi connectivity index (χ1v) is 7.97. The summed E-state index contributed by atoms with van der Waals surface area (Å²) in [5, 5.41) is 42.0. The van der Waals surface area contributed by atoms with Crippen LogP contribution in [0.3, 0.4) is 0 Å². The molecule has 1 aliphatic heterocycles. The number of aliphatic hydroxyl groups excluding tert-OH is 4. The van der Waals surface area contributed by atoms with Crippen LogP contribution in [0.1, 0.15) is 58.3 Å². The Morgan fingerprint density at radius 2 is 1.57 bits per heavy atom. The Balaban J connectivity index is 0.00000400. The highest BCUT2D eigenvalue weighted by atomic mass is 35.5. The first-order valence-electron chi connectivity index (χ1n) is 7.97. The third-order valence-electron chi connectivity index (χ3n) is 4.46. The van der Waals surface area contributed by atoms with E-state index >= 15 is 0 Å². The molecule has 0 aromatic carbocycles. The lowest BCUT2D eigenvalue weighted by molar-refractivity contribution is -0.135. The molecule has 1 rings (SSSR count). The lowest BCUT2D eigenvalue weighted by Crippen LogP contribution is -2.69. The maximum atomic E-state index is 10.1. The van der Waals surface area contributed by atoms with Crippen LogP contribution in [0.5, 0.6) is 0 Å². The maximum absolute atomic E-state index is 10.1. The summed E-state index contributed by atoms with van der Waals surface area (Å²) in [4.78, 5) is 0. The van der Waals surface area contributed by atoms with Crippen LogP contribution < -0.4 is 5.32 Å². The number of hydrogen-bond donors (Lipinski definition) is 5. The summed E-state index contributed by atoms with van der Waals surface area (Å²) in [7, 11) is 0. The molecule has 5 N–H and O–H groups in total. The van der Waals surface area contributed by atoms with Crippen molar-refractivity contribution in [3.05, 3.63) is 0 Å². The molecule has 0 radical (unpaired) electrons. The van der Waals surface area contributed by atoms with E-state index in [1.165, 1.54) is 32.1 Å². The normalized spacial score (nSPS) is 32.7. The zero-order valence-electron chi connectivity index (χ0n) is 13.0. The number of halogens is 1. The van der Waals surface area contributed by atoms with E-state index in [1.807, 2.05) is 0 Å². The minimum absolute atomic E-state index is 0. The van der Waals surface area contributed by atoms with Gasteiger partial charge in [0.25, 0.3) is 0 Å². The SMILES string of the molecule is CCCCCCCCC[C@@]1(CO)NC[C@H](O)[C@@H](O)[C@@H]1O.Cl. The molecule has 0 unspecified atom stereocenters. The number of aliphatic hydroxyl groups is 4. The molecule has 0 saturated carbocycles. The second-order valence-electron chi connectivity index (χ2n) is 6.07. The molecule has 0 aliphatic carbocycles. The molecule has 0 bridgehead atoms. The van der Waals surface area contributed by atoms with Gasteiger partial charge in [-0.15, -0.1) is 12.4 Å². The van der Waals surface area contributed by atoms with Crippen LogP contribution in [-0.4, -0.2) is 57.4 Å². The Morgan fingerprint density at radius 3 is 2.14 bits per heavy atom. The maximum Gasteiger partial charge on any atom is 0.109 e. The van der Waals surface area contributed by atoms with Gasteiger partial charge in [0.15, 0.2) is 0 Å². The Morgan fingerprint density at radius 1 is 1.00 bits per heavy atom. The lowest BCUT2D eigenvalue weighted by atomic mass is 9.79. The molecule has 0 aromatic heterocycles. The number of rotatable bonds is 9. The summed E-state index contributed by atoms with van der Waals surface area (Å²) in [5.74, 6) is 0. The third-order valence-corrected chi connectivity index (χ3v) is 4.46. The van der Waals surface area contributed by atoms with Crippen molar-refractivity contribution in [1.29, 1.82) is 0 Å². The average Bonchev–Trinajstić information content (AvgIpc) is 2.46. The van der Waals surface area contributed by atoms with Crippen molar-refractivity contribution in [1.82, 2.24) is 5.32 Å². The second kappa shape index (κ2) is 10.8. The summed E-state index contributed by atoms with van der Waals surface area (Å²) in [5.41, 5.74) is -0.873. The van der Waals surface area contributed by atoms with E-state index in [0.717, 1.165) is 12.8 Å². The Kier molecular flexibility index (Phi) is 10.8. The molecule has 4 atom stereocenters. The van der Waals surface area contributed by atoms with Crippen molar-refractivity contribution in [2.24, 2.45) is 0 Å². The number of piperidine rings is 1. The number of nitrogens with one attached hydrogen (secondary N) is 1. The zero-order chi connectivity index (χ0) is 15.0. The fourth-order valence-corrected chi connectivity index (χ4v) is 2.93. The van der Waals surface area contributed by atoms with Crippen molar-refractivity contribution < 1.29 is 20.4 Å². The Bertz CT molecular complexity index is 270. The highest BCUT2D eigenvalue weighted by Crippen LogP contribution is 2.26. The highest BCUT2D eigenvalue weighted by molar-refractivity contribution is 5.85. The van der Waals surface area contributed by atoms with Crippen molar-refractivity contribution in [2.75, 3.05) is 13.2 Å². The molecule has 0 spiro atoms. The third kappa shape index (κ3) is 6.00. The van der Waals surface area contributed by atoms with Crippen LogP contribution >= 0.6 is 12.4 Å². The van der Waals surface area contributed by atoms with Gasteiger partial charge in [0, 0.05) is 6.54 Å². The summed E-state index contributed by atoms with van der Waals surface area (Å²) in [6.07, 6.45) is 5.49. The number of hydrogen-bond acceptors (Lipinski definition) is 5. The first kappa shape index (κ1) is 21.1. The summed E-state index contributed by atoms with van der Waals surface area (Å²) < 4.78 is 0. The van der Waals surface area contributed by atoms with Gasteiger partial charge in [0.1, 0.15) is 12.2 Å². The van der Waals surface area contributed by atoms with E-state index in [-0.39, 0.29) is 25.6 Å². The molecular weight excluding hydrogens is 294 g/mol. The molecule has 1 aliphatic rings. The van der Waals surface area contributed by atoms with Gasteiger partial charge in [-0.05, 0) is 6.42 Å². The predicted octanol–water partition coefficient (Wildman–Crippen LogP) is 0.966. The Labute approximate surface area is 134 Å². The monoisotopic (exact) mass is 325 g/mol. The van der Waals surface area contributed by atoms with Gasteiger partial charge >= 0.3 is 0 Å². The fraction of sp³-hybridized carbons (Fsp3) is 1.00. The largest absolute Gasteiger partial charge is 0.394 e. The lowest BCUT2D eigenvalue weighted by Gasteiger charge is -2.45. The van der Waals surface area contributed by atoms with Crippen molar-refractivity contribution in [2.45, 2.75) is 82.1 Å². The van der Waals surface area contributed by atoms with Crippen molar-refractivity contribution >= 4 is 12.4 Å². The second-order valence-corrected chi connectivity index (χ2v) is 6.07. The molecule has 1 fully saturated rings. The van der Waals surface area contributed by atoms with Crippen molar-refractivity contribution in [3.8, 4) is 0 Å². The predicted molar refractivity (Wildman–Crippen MR) is 85.7 cm³/mol. The van der Waals surface area contributed by atoms with Gasteiger partial charge < -0.3 is 25.7 Å². The summed E-state index contributed by atoms with van der Waals surface area (Å²) >= 11 is 0. The van der Waals surface area contributed by atoms with Crippen LogP contribution in [0.4, 0.5) is 0 Å². The molecule has 1 saturated heterocycles. The molecule has 6 heteroatoms. The van der Waals surface area contributed by atoms with Crippen LogP contribution in [0.25, 0.3) is 0 Å². The van der Waals surface area contributed by atoms with Crippen LogP contribution in [0.15, 0.2) is 0 Å². The van der Waals surface area contributed by atoms with Gasteiger partial charge in [0.2, 0.25) is 0 Å². The Hall–Kier alpha value is 0.0900. The molecule has 0 aromatic rings. The molecule has 21 heavy (non-hydrogen) atoms. The van der Waals surface area contributed by atoms with Crippen LogP contribution in [0, 0.1) is 0 Å². The average molecular weight is 326 g/mol. The topological polar surface area (TPSA) is 93.0 Å². The molecule has 5 nitrogen and oxygen atoms in total. The standard InChI is InChI=1S/C15H31NO4.ClH/c1-2-3-4-5-6-7-8-9-15(11-17)14(20)13(19)12(18)10-16-15;/h12-14,16-20H,2-11H2,1H3;1H/t12-,13+,14-,15-;/m0./s1. The molecule has 0 amide bonds. The number of unbranched alkanes of at least 4 members (excludes halogenated alkanes) is 6. The summed E-state index contributed by atoms with van der Waals surface area (Å²) in [6.45, 7) is 2.17. The van der Waals surface area contributed by atoms with Gasteiger partial charge in [-0.3, -0.25) is 0 Å². The van der Waals surface area contributed by atoms with E-state index in [2.05, 4.69) is 12.2 Å². The zero-order valence-corrected chi connectivity index (χ0v) is 13.8. The van der Waals surface area contributed by atoms with E-state index in [0.29, 0.717) is 6.42 Å². The van der Waals surface area contributed by atoms with E-state index in [9.17, 15) is 20.4 Å². The molecule has 128 valence electrons. The molecular formula is C15H32ClNO4. The van der Waals surface area contributed by atoms with Gasteiger partial charge in [0.05, 0.1) is 18.2 Å².